The van der Waals surface area contributed by atoms with Gasteiger partial charge in [-0.15, -0.1) is 0 Å². The van der Waals surface area contributed by atoms with Gasteiger partial charge in [0.05, 0.1) is 18.8 Å². The molecule has 0 bridgehead atoms. The lowest BCUT2D eigenvalue weighted by Gasteiger charge is -2.15. The van der Waals surface area contributed by atoms with Crippen molar-refractivity contribution >= 4 is 21.7 Å². The molecule has 0 aromatic rings. The Morgan fingerprint density at radius 2 is 1.83 bits per heavy atom. The molecule has 0 aliphatic carbocycles. The van der Waals surface area contributed by atoms with Gasteiger partial charge in [0.25, 0.3) is 0 Å². The van der Waals surface area contributed by atoms with Crippen LogP contribution in [-0.4, -0.2) is 45.0 Å². The highest BCUT2D eigenvalue weighted by molar-refractivity contribution is 7.92. The molecule has 0 heterocycles. The Morgan fingerprint density at radius 3 is 2.28 bits per heavy atom. The van der Waals surface area contributed by atoms with Crippen LogP contribution in [0.15, 0.2) is 0 Å². The smallest absolute Gasteiger partial charge is 0.309 e. The summed E-state index contributed by atoms with van der Waals surface area (Å²) in [4.78, 5) is 22.7. The van der Waals surface area contributed by atoms with Crippen molar-refractivity contribution < 1.29 is 22.7 Å². The fourth-order valence-corrected chi connectivity index (χ4v) is 2.85. The van der Waals surface area contributed by atoms with Crippen LogP contribution in [-0.2, 0) is 24.2 Å². The van der Waals surface area contributed by atoms with Gasteiger partial charge in [0.1, 0.15) is 5.25 Å². The van der Waals surface area contributed by atoms with E-state index in [-0.39, 0.29) is 5.75 Å². The van der Waals surface area contributed by atoms with Crippen LogP contribution >= 0.6 is 0 Å². The molecule has 0 aromatic carbocycles. The first-order chi connectivity index (χ1) is 8.26. The first-order valence-electron chi connectivity index (χ1n) is 5.83. The number of sulfone groups is 1. The van der Waals surface area contributed by atoms with Crippen LogP contribution < -0.4 is 5.32 Å². The second kappa shape index (κ2) is 7.35. The normalized spacial score (nSPS) is 14.7. The Labute approximate surface area is 108 Å². The van der Waals surface area contributed by atoms with Crippen LogP contribution in [0.2, 0.25) is 0 Å². The molecular formula is C11H21NO5S. The molecule has 2 unspecified atom stereocenters. The summed E-state index contributed by atoms with van der Waals surface area (Å²) in [5, 5.41) is 1.36. The van der Waals surface area contributed by atoms with E-state index >= 15 is 0 Å². The standard InChI is InChI=1S/C11H21NO5S/c1-5-6-12-10(13)9(3)18(15,16)7-8(2)11(14)17-4/h8-9H,5-7H2,1-4H3,(H,12,13). The van der Waals surface area contributed by atoms with Crippen LogP contribution in [0.25, 0.3) is 0 Å². The van der Waals surface area contributed by atoms with Crippen LogP contribution in [0.5, 0.6) is 0 Å². The van der Waals surface area contributed by atoms with E-state index in [4.69, 9.17) is 0 Å². The molecule has 6 nitrogen and oxygen atoms in total. The minimum atomic E-state index is -3.66. The Balaban J connectivity index is 4.63. The minimum Gasteiger partial charge on any atom is -0.469 e. The quantitative estimate of drug-likeness (QED) is 0.669. The van der Waals surface area contributed by atoms with Gasteiger partial charge in [0, 0.05) is 6.54 Å². The first-order valence-corrected chi connectivity index (χ1v) is 7.54. The predicted molar refractivity (Wildman–Crippen MR) is 67.7 cm³/mol. The average Bonchev–Trinajstić information content (AvgIpc) is 2.33. The third-order valence-corrected chi connectivity index (χ3v) is 4.80. The number of carbonyl (C=O) groups excluding carboxylic acids is 2. The van der Waals surface area contributed by atoms with Gasteiger partial charge in [0.15, 0.2) is 9.84 Å². The molecule has 0 aliphatic heterocycles. The largest absolute Gasteiger partial charge is 0.469 e. The molecule has 106 valence electrons. The second-order valence-corrected chi connectivity index (χ2v) is 6.55. The van der Waals surface area contributed by atoms with E-state index in [0.717, 1.165) is 6.42 Å². The lowest BCUT2D eigenvalue weighted by molar-refractivity contribution is -0.144. The van der Waals surface area contributed by atoms with Gasteiger partial charge in [-0.25, -0.2) is 8.42 Å². The molecule has 1 N–H and O–H groups in total. The fraction of sp³-hybridized carbons (Fsp3) is 0.818. The van der Waals surface area contributed by atoms with E-state index < -0.39 is 32.9 Å². The number of methoxy groups -OCH3 is 1. The highest BCUT2D eigenvalue weighted by atomic mass is 32.2. The zero-order chi connectivity index (χ0) is 14.3. The Morgan fingerprint density at radius 1 is 1.28 bits per heavy atom. The summed E-state index contributed by atoms with van der Waals surface area (Å²) in [5.74, 6) is -2.30. The number of ether oxygens (including phenoxy) is 1. The van der Waals surface area contributed by atoms with Crippen molar-refractivity contribution in [2.45, 2.75) is 32.4 Å². The molecule has 2 atom stereocenters. The number of hydrogen-bond acceptors (Lipinski definition) is 5. The number of hydrogen-bond donors (Lipinski definition) is 1. The van der Waals surface area contributed by atoms with E-state index in [2.05, 4.69) is 10.1 Å². The molecule has 18 heavy (non-hydrogen) atoms. The number of rotatable bonds is 7. The van der Waals surface area contributed by atoms with Crippen molar-refractivity contribution in [2.75, 3.05) is 19.4 Å². The molecule has 0 rings (SSSR count). The van der Waals surface area contributed by atoms with Crippen LogP contribution in [0, 0.1) is 5.92 Å². The number of carbonyl (C=O) groups is 2. The number of nitrogens with one attached hydrogen (secondary N) is 1. The minimum absolute atomic E-state index is 0.389. The summed E-state index contributed by atoms with van der Waals surface area (Å²) in [6.07, 6.45) is 0.733. The van der Waals surface area contributed by atoms with Gasteiger partial charge >= 0.3 is 5.97 Å². The Hall–Kier alpha value is -1.11. The summed E-state index contributed by atoms with van der Waals surface area (Å²) in [6.45, 7) is 5.09. The van der Waals surface area contributed by atoms with E-state index in [1.165, 1.54) is 21.0 Å². The van der Waals surface area contributed by atoms with E-state index in [0.29, 0.717) is 6.54 Å². The van der Waals surface area contributed by atoms with E-state index in [1.54, 1.807) is 0 Å². The van der Waals surface area contributed by atoms with Gasteiger partial charge in [-0.1, -0.05) is 13.8 Å². The maximum absolute atomic E-state index is 11.9. The SMILES string of the molecule is CCCNC(=O)C(C)S(=O)(=O)CC(C)C(=O)OC. The van der Waals surface area contributed by atoms with Gasteiger partial charge in [-0.3, -0.25) is 9.59 Å². The topological polar surface area (TPSA) is 89.5 Å². The molecule has 0 aliphatic rings. The average molecular weight is 279 g/mol. The van der Waals surface area contributed by atoms with Gasteiger partial charge in [-0.2, -0.15) is 0 Å². The first kappa shape index (κ1) is 16.9. The van der Waals surface area contributed by atoms with E-state index in [1.807, 2.05) is 6.92 Å². The zero-order valence-electron chi connectivity index (χ0n) is 11.2. The maximum Gasteiger partial charge on any atom is 0.309 e. The summed E-state index contributed by atoms with van der Waals surface area (Å²) >= 11 is 0. The number of amides is 1. The third kappa shape index (κ3) is 5.03. The van der Waals surface area contributed by atoms with Gasteiger partial charge in [-0.05, 0) is 13.3 Å². The highest BCUT2D eigenvalue weighted by Gasteiger charge is 2.31. The van der Waals surface area contributed by atoms with Crippen molar-refractivity contribution in [1.82, 2.24) is 5.32 Å². The highest BCUT2D eigenvalue weighted by Crippen LogP contribution is 2.09. The maximum atomic E-state index is 11.9. The third-order valence-electron chi connectivity index (χ3n) is 2.54. The Kier molecular flexibility index (Phi) is 6.90. The van der Waals surface area contributed by atoms with Crippen molar-refractivity contribution in [3.8, 4) is 0 Å². The van der Waals surface area contributed by atoms with Crippen LogP contribution in [0.4, 0.5) is 0 Å². The molecule has 0 radical (unpaired) electrons. The fourth-order valence-electron chi connectivity index (χ4n) is 1.32. The summed E-state index contributed by atoms with van der Waals surface area (Å²) < 4.78 is 28.3. The van der Waals surface area contributed by atoms with Crippen molar-refractivity contribution in [2.24, 2.45) is 5.92 Å². The lowest BCUT2D eigenvalue weighted by atomic mass is 10.2. The Bertz CT molecular complexity index is 390. The molecule has 0 saturated carbocycles. The van der Waals surface area contributed by atoms with Gasteiger partial charge in [0.2, 0.25) is 5.91 Å². The molecule has 0 saturated heterocycles. The molecular weight excluding hydrogens is 258 g/mol. The zero-order valence-corrected chi connectivity index (χ0v) is 12.0. The van der Waals surface area contributed by atoms with Crippen molar-refractivity contribution in [3.63, 3.8) is 0 Å². The molecule has 0 fully saturated rings. The molecule has 0 spiro atoms. The van der Waals surface area contributed by atoms with Gasteiger partial charge < -0.3 is 10.1 Å². The van der Waals surface area contributed by atoms with Crippen LogP contribution in [0.1, 0.15) is 27.2 Å². The van der Waals surface area contributed by atoms with E-state index in [9.17, 15) is 18.0 Å². The predicted octanol–water partition coefficient (Wildman–Crippen LogP) is 0.125. The number of esters is 1. The molecule has 0 aromatic heterocycles. The summed E-state index contributed by atoms with van der Waals surface area (Å²) in [7, 11) is -2.46. The monoisotopic (exact) mass is 279 g/mol. The summed E-state index contributed by atoms with van der Waals surface area (Å²) in [6, 6.07) is 0. The summed E-state index contributed by atoms with van der Waals surface area (Å²) in [5.41, 5.74) is 0. The van der Waals surface area contributed by atoms with Crippen molar-refractivity contribution in [1.29, 1.82) is 0 Å². The molecule has 7 heteroatoms. The second-order valence-electron chi connectivity index (χ2n) is 4.19. The van der Waals surface area contributed by atoms with Crippen LogP contribution in [0.3, 0.4) is 0 Å². The van der Waals surface area contributed by atoms with Crippen molar-refractivity contribution in [3.05, 3.63) is 0 Å². The lowest BCUT2D eigenvalue weighted by Crippen LogP contribution is -2.40. The molecule has 1 amide bonds.